The lowest BCUT2D eigenvalue weighted by Gasteiger charge is -2.24. The van der Waals surface area contributed by atoms with Crippen LogP contribution in [0.25, 0.3) is 0 Å². The molecule has 0 saturated heterocycles. The molecule has 1 atom stereocenters. The van der Waals surface area contributed by atoms with Gasteiger partial charge in [-0.2, -0.15) is 0 Å². The van der Waals surface area contributed by atoms with Crippen LogP contribution >= 0.6 is 22.6 Å². The number of ketones is 1. The third kappa shape index (κ3) is 4.74. The number of carbonyl (C=O) groups excluding carboxylic acids is 1. The summed E-state index contributed by atoms with van der Waals surface area (Å²) < 4.78 is 16.3. The van der Waals surface area contributed by atoms with Crippen LogP contribution in [0.3, 0.4) is 0 Å². The zero-order valence-electron chi connectivity index (χ0n) is 13.4. The van der Waals surface area contributed by atoms with Gasteiger partial charge >= 0.3 is 0 Å². The molecular weight excluding hydrogens is 385 g/mol. The first-order valence-corrected chi connectivity index (χ1v) is 7.75. The van der Waals surface area contributed by atoms with Crippen LogP contribution in [0.5, 0.6) is 17.2 Å². The molecule has 0 N–H and O–H groups in total. The Labute approximate surface area is 139 Å². The van der Waals surface area contributed by atoms with Crippen molar-refractivity contribution in [2.75, 3.05) is 49.0 Å². The number of alkyl halides is 1. The van der Waals surface area contributed by atoms with Crippen LogP contribution in [0.1, 0.15) is 9.49 Å². The third-order valence-corrected chi connectivity index (χ3v) is 4.31. The van der Waals surface area contributed by atoms with Crippen molar-refractivity contribution in [2.45, 2.75) is 3.92 Å². The summed E-state index contributed by atoms with van der Waals surface area (Å²) in [5, 5.41) is 0. The van der Waals surface area contributed by atoms with Gasteiger partial charge in [-0.25, -0.2) is 0 Å². The lowest BCUT2D eigenvalue weighted by Crippen LogP contribution is -2.40. The summed E-state index contributed by atoms with van der Waals surface area (Å²) in [7, 11) is 10.7. The first-order chi connectivity index (χ1) is 9.73. The van der Waals surface area contributed by atoms with Gasteiger partial charge in [0.2, 0.25) is 11.5 Å². The topological polar surface area (TPSA) is 44.8 Å². The molecule has 0 aromatic heterocycles. The number of benzene rings is 1. The summed E-state index contributed by atoms with van der Waals surface area (Å²) in [5.41, 5.74) is 0.851. The van der Waals surface area contributed by atoms with Crippen LogP contribution in [0.4, 0.5) is 0 Å². The quantitative estimate of drug-likeness (QED) is 0.395. The molecule has 0 spiro atoms. The van der Waals surface area contributed by atoms with E-state index in [0.29, 0.717) is 28.3 Å². The number of ether oxygens (including phenoxy) is 3. The second-order valence-corrected chi connectivity index (χ2v) is 6.98. The van der Waals surface area contributed by atoms with E-state index in [1.165, 1.54) is 0 Å². The summed E-state index contributed by atoms with van der Waals surface area (Å²) in [4.78, 5) is 12.4. The zero-order chi connectivity index (χ0) is 16.2. The average molecular weight is 408 g/mol. The number of hydrogen-bond donors (Lipinski definition) is 0. The molecule has 5 nitrogen and oxygen atoms in total. The number of hydrogen-bond acceptors (Lipinski definition) is 4. The maximum Gasteiger partial charge on any atom is 0.203 e. The van der Waals surface area contributed by atoms with E-state index in [4.69, 9.17) is 14.2 Å². The number of Topliss-reactive ketones (excluding diaryl/α,β-unsaturated/α-hetero) is 1. The Bertz CT molecular complexity index is 486. The van der Waals surface area contributed by atoms with Gasteiger partial charge in [0.15, 0.2) is 11.5 Å². The minimum atomic E-state index is -0.256. The zero-order valence-corrected chi connectivity index (χ0v) is 15.6. The Hall–Kier alpha value is -1.02. The Kier molecular flexibility index (Phi) is 6.27. The van der Waals surface area contributed by atoms with Crippen molar-refractivity contribution in [3.8, 4) is 17.2 Å². The molecule has 1 rings (SSSR count). The van der Waals surface area contributed by atoms with Crippen LogP contribution in [0.15, 0.2) is 12.1 Å². The molecule has 1 unspecified atom stereocenters. The highest BCUT2D eigenvalue weighted by Gasteiger charge is 2.25. The van der Waals surface area contributed by atoms with Crippen molar-refractivity contribution in [3.05, 3.63) is 17.7 Å². The number of nitrogens with zero attached hydrogens (tertiary/aromatic N) is 1. The van der Waals surface area contributed by atoms with Crippen molar-refractivity contribution < 1.29 is 23.5 Å². The Morgan fingerprint density at radius 2 is 1.57 bits per heavy atom. The SMILES string of the molecule is COc1cc(C(I)C(=O)C[N+](C)(C)C)cc(OC)c1OC. The highest BCUT2D eigenvalue weighted by Crippen LogP contribution is 2.41. The molecule has 118 valence electrons. The minimum Gasteiger partial charge on any atom is -0.493 e. The lowest BCUT2D eigenvalue weighted by atomic mass is 10.1. The van der Waals surface area contributed by atoms with Gasteiger partial charge in [-0.1, -0.05) is 22.6 Å². The number of halogens is 1. The van der Waals surface area contributed by atoms with Crippen LogP contribution < -0.4 is 14.2 Å². The van der Waals surface area contributed by atoms with E-state index in [1.54, 1.807) is 21.3 Å². The van der Waals surface area contributed by atoms with Gasteiger partial charge in [-0.3, -0.25) is 4.79 Å². The van der Waals surface area contributed by atoms with Gasteiger partial charge in [0.25, 0.3) is 0 Å². The van der Waals surface area contributed by atoms with E-state index in [-0.39, 0.29) is 9.71 Å². The number of rotatable bonds is 7. The van der Waals surface area contributed by atoms with Gasteiger partial charge < -0.3 is 18.7 Å². The number of quaternary nitrogens is 1. The second-order valence-electron chi connectivity index (χ2n) is 5.74. The highest BCUT2D eigenvalue weighted by atomic mass is 127. The number of methoxy groups -OCH3 is 3. The summed E-state index contributed by atoms with van der Waals surface area (Å²) in [6.07, 6.45) is 0. The standard InChI is InChI=1S/C15H23INO4/c1-17(2,3)9-11(18)14(16)10-7-12(19-4)15(21-6)13(8-10)20-5/h7-8,14H,9H2,1-6H3/q+1. The Morgan fingerprint density at radius 1 is 1.10 bits per heavy atom. The van der Waals surface area contributed by atoms with E-state index < -0.39 is 0 Å². The van der Waals surface area contributed by atoms with Crippen LogP contribution in [0.2, 0.25) is 0 Å². The number of carbonyl (C=O) groups is 1. The van der Waals surface area contributed by atoms with E-state index in [9.17, 15) is 4.79 Å². The van der Waals surface area contributed by atoms with Gasteiger partial charge in [-0.15, -0.1) is 0 Å². The molecule has 0 aliphatic heterocycles. The van der Waals surface area contributed by atoms with Crippen molar-refractivity contribution in [1.82, 2.24) is 0 Å². The van der Waals surface area contributed by atoms with E-state index in [2.05, 4.69) is 22.6 Å². The molecular formula is C15H23INO4+. The summed E-state index contributed by atoms with van der Waals surface area (Å²) in [5.74, 6) is 1.82. The van der Waals surface area contributed by atoms with Crippen molar-refractivity contribution in [1.29, 1.82) is 0 Å². The fourth-order valence-corrected chi connectivity index (χ4v) is 2.54. The van der Waals surface area contributed by atoms with Crippen molar-refractivity contribution in [2.24, 2.45) is 0 Å². The fraction of sp³-hybridized carbons (Fsp3) is 0.533. The van der Waals surface area contributed by atoms with Crippen LogP contribution in [0, 0.1) is 0 Å². The van der Waals surface area contributed by atoms with Crippen LogP contribution in [-0.4, -0.2) is 59.3 Å². The fourth-order valence-electron chi connectivity index (χ4n) is 1.98. The normalized spacial score (nSPS) is 12.7. The van der Waals surface area contributed by atoms with Crippen molar-refractivity contribution in [3.63, 3.8) is 0 Å². The first kappa shape index (κ1) is 18.0. The Morgan fingerprint density at radius 3 is 1.90 bits per heavy atom. The summed E-state index contributed by atoms with van der Waals surface area (Å²) in [6, 6.07) is 3.65. The van der Waals surface area contributed by atoms with Gasteiger partial charge in [0.1, 0.15) is 10.5 Å². The van der Waals surface area contributed by atoms with Crippen LogP contribution in [-0.2, 0) is 4.79 Å². The molecule has 0 heterocycles. The molecule has 21 heavy (non-hydrogen) atoms. The Balaban J connectivity index is 3.15. The number of likely N-dealkylation sites (N-methyl/N-ethyl adjacent to an activating group) is 1. The monoisotopic (exact) mass is 408 g/mol. The lowest BCUT2D eigenvalue weighted by molar-refractivity contribution is -0.862. The third-order valence-electron chi connectivity index (χ3n) is 2.89. The highest BCUT2D eigenvalue weighted by molar-refractivity contribution is 14.1. The molecule has 0 aliphatic carbocycles. The maximum absolute atomic E-state index is 12.4. The van der Waals surface area contributed by atoms with Gasteiger partial charge in [0.05, 0.1) is 42.5 Å². The smallest absolute Gasteiger partial charge is 0.203 e. The summed E-state index contributed by atoms with van der Waals surface area (Å²) in [6.45, 7) is 0.463. The predicted octanol–water partition coefficient (Wildman–Crippen LogP) is 2.46. The molecule has 0 aliphatic rings. The molecule has 1 aromatic rings. The minimum absolute atomic E-state index is 0.164. The largest absolute Gasteiger partial charge is 0.493 e. The second kappa shape index (κ2) is 7.31. The predicted molar refractivity (Wildman–Crippen MR) is 90.8 cm³/mol. The molecule has 0 radical (unpaired) electrons. The molecule has 0 saturated carbocycles. The molecule has 6 heteroatoms. The van der Waals surface area contributed by atoms with Crippen molar-refractivity contribution >= 4 is 28.4 Å². The van der Waals surface area contributed by atoms with E-state index >= 15 is 0 Å². The first-order valence-electron chi connectivity index (χ1n) is 6.50. The van der Waals surface area contributed by atoms with E-state index in [1.807, 2.05) is 33.3 Å². The molecule has 0 fully saturated rings. The maximum atomic E-state index is 12.4. The molecule has 0 bridgehead atoms. The molecule has 1 aromatic carbocycles. The van der Waals surface area contributed by atoms with Gasteiger partial charge in [-0.05, 0) is 17.7 Å². The summed E-state index contributed by atoms with van der Waals surface area (Å²) >= 11 is 2.15. The molecule has 0 amide bonds. The van der Waals surface area contributed by atoms with E-state index in [0.717, 1.165) is 5.56 Å². The average Bonchev–Trinajstić information content (AvgIpc) is 2.42. The van der Waals surface area contributed by atoms with Gasteiger partial charge in [0, 0.05) is 0 Å².